The topological polar surface area (TPSA) is 72.7 Å². The van der Waals surface area contributed by atoms with Crippen LogP contribution in [0.3, 0.4) is 0 Å². The van der Waals surface area contributed by atoms with Crippen molar-refractivity contribution in [2.24, 2.45) is 0 Å². The van der Waals surface area contributed by atoms with Crippen molar-refractivity contribution in [2.75, 3.05) is 19.1 Å². The molecule has 0 aliphatic rings. The molecule has 0 radical (unpaired) electrons. The zero-order chi connectivity index (χ0) is 14.0. The number of rotatable bonds is 6. The monoisotopic (exact) mass is 303 g/mol. The fraction of sp³-hybridized carbons (Fsp3) is 0.545. The second-order valence-corrected chi connectivity index (χ2v) is 7.56. The van der Waals surface area contributed by atoms with E-state index in [2.05, 4.69) is 10.3 Å². The Morgan fingerprint density at radius 3 is 2.95 bits per heavy atom. The number of thiazole rings is 1. The van der Waals surface area contributed by atoms with Crippen molar-refractivity contribution >= 4 is 26.1 Å². The molecule has 6 nitrogen and oxygen atoms in total. The van der Waals surface area contributed by atoms with Gasteiger partial charge in [0.1, 0.15) is 15.5 Å². The summed E-state index contributed by atoms with van der Waals surface area (Å²) in [6.07, 6.45) is 3.16. The van der Waals surface area contributed by atoms with Gasteiger partial charge in [0, 0.05) is 30.4 Å². The number of aromatic nitrogens is 2. The summed E-state index contributed by atoms with van der Waals surface area (Å²) >= 11 is 1.53. The first-order valence-corrected chi connectivity index (χ1v) is 8.74. The highest BCUT2D eigenvalue weighted by Crippen LogP contribution is 2.22. The van der Waals surface area contributed by atoms with Gasteiger partial charge in [0.2, 0.25) is 5.88 Å². The van der Waals surface area contributed by atoms with Crippen LogP contribution in [0, 0.1) is 0 Å². The van der Waals surface area contributed by atoms with Gasteiger partial charge in [0.05, 0.1) is 12.9 Å². The molecule has 1 atom stereocenters. The Morgan fingerprint density at radius 2 is 2.32 bits per heavy atom. The molecule has 1 N–H and O–H groups in total. The van der Waals surface area contributed by atoms with Crippen LogP contribution in [0.4, 0.5) is 0 Å². The molecular weight excluding hydrogens is 286 g/mol. The van der Waals surface area contributed by atoms with Gasteiger partial charge in [-0.15, -0.1) is 11.3 Å². The number of ether oxygens (including phenoxy) is 1. The van der Waals surface area contributed by atoms with Crippen molar-refractivity contribution in [1.82, 2.24) is 14.7 Å². The highest BCUT2D eigenvalue weighted by molar-refractivity contribution is 7.90. The summed E-state index contributed by atoms with van der Waals surface area (Å²) in [5.74, 6) is 0.687. The van der Waals surface area contributed by atoms with Gasteiger partial charge in [0.15, 0.2) is 4.96 Å². The molecule has 0 saturated carbocycles. The average molecular weight is 303 g/mol. The van der Waals surface area contributed by atoms with Crippen LogP contribution < -0.4 is 10.1 Å². The number of methoxy groups -OCH3 is 1. The summed E-state index contributed by atoms with van der Waals surface area (Å²) in [7, 11) is -1.40. The maximum absolute atomic E-state index is 11.2. The van der Waals surface area contributed by atoms with Crippen LogP contribution in [-0.4, -0.2) is 43.0 Å². The van der Waals surface area contributed by atoms with Crippen molar-refractivity contribution in [3.63, 3.8) is 0 Å². The average Bonchev–Trinajstić information content (AvgIpc) is 2.83. The molecule has 2 aromatic heterocycles. The molecule has 0 fully saturated rings. The minimum atomic E-state index is -2.98. The van der Waals surface area contributed by atoms with Gasteiger partial charge < -0.3 is 10.1 Å². The zero-order valence-electron chi connectivity index (χ0n) is 11.1. The fourth-order valence-electron chi connectivity index (χ4n) is 1.92. The molecule has 0 aliphatic heterocycles. The van der Waals surface area contributed by atoms with Crippen LogP contribution in [0.5, 0.6) is 5.88 Å². The van der Waals surface area contributed by atoms with E-state index in [0.29, 0.717) is 12.4 Å². The quantitative estimate of drug-likeness (QED) is 0.859. The van der Waals surface area contributed by atoms with Gasteiger partial charge in [-0.2, -0.15) is 4.98 Å². The molecule has 0 aromatic carbocycles. The van der Waals surface area contributed by atoms with E-state index in [-0.39, 0.29) is 11.8 Å². The Balaban J connectivity index is 2.10. The van der Waals surface area contributed by atoms with E-state index in [4.69, 9.17) is 4.74 Å². The molecule has 2 aromatic rings. The maximum atomic E-state index is 11.2. The lowest BCUT2D eigenvalue weighted by molar-refractivity contribution is 0.391. The number of hydrogen-bond acceptors (Lipinski definition) is 6. The molecule has 2 rings (SSSR count). The minimum Gasteiger partial charge on any atom is -0.480 e. The van der Waals surface area contributed by atoms with E-state index >= 15 is 0 Å². The van der Waals surface area contributed by atoms with Crippen LogP contribution in [0.25, 0.3) is 4.96 Å². The van der Waals surface area contributed by atoms with Gasteiger partial charge in [-0.3, -0.25) is 4.40 Å². The van der Waals surface area contributed by atoms with Crippen LogP contribution >= 0.6 is 11.3 Å². The summed E-state index contributed by atoms with van der Waals surface area (Å²) in [5, 5.41) is 5.13. The summed E-state index contributed by atoms with van der Waals surface area (Å²) < 4.78 is 29.6. The lowest BCUT2D eigenvalue weighted by atomic mass is 10.3. The second kappa shape index (κ2) is 5.48. The Bertz CT molecular complexity index is 660. The van der Waals surface area contributed by atoms with Gasteiger partial charge >= 0.3 is 0 Å². The number of hydrogen-bond donors (Lipinski definition) is 1. The van der Waals surface area contributed by atoms with E-state index in [1.54, 1.807) is 7.11 Å². The van der Waals surface area contributed by atoms with Crippen LogP contribution in [-0.2, 0) is 16.4 Å². The highest BCUT2D eigenvalue weighted by atomic mass is 32.2. The summed E-state index contributed by atoms with van der Waals surface area (Å²) in [4.78, 5) is 5.21. The lowest BCUT2D eigenvalue weighted by Crippen LogP contribution is -2.32. The molecule has 0 saturated heterocycles. The predicted octanol–water partition coefficient (Wildman–Crippen LogP) is 0.927. The maximum Gasteiger partial charge on any atom is 0.237 e. The summed E-state index contributed by atoms with van der Waals surface area (Å²) in [6.45, 7) is 2.36. The summed E-state index contributed by atoms with van der Waals surface area (Å²) in [5.41, 5.74) is 0.902. The molecule has 0 bridgehead atoms. The number of imidazole rings is 1. The van der Waals surface area contributed by atoms with Gasteiger partial charge in [-0.25, -0.2) is 8.42 Å². The normalized spacial score (nSPS) is 13.8. The molecule has 0 spiro atoms. The Kier molecular flexibility index (Phi) is 4.12. The molecule has 19 heavy (non-hydrogen) atoms. The molecule has 1 unspecified atom stereocenters. The van der Waals surface area contributed by atoms with Crippen LogP contribution in [0.2, 0.25) is 0 Å². The van der Waals surface area contributed by atoms with E-state index in [1.165, 1.54) is 17.6 Å². The number of fused-ring (bicyclic) bond motifs is 1. The first-order valence-electron chi connectivity index (χ1n) is 5.80. The Labute approximate surface area is 116 Å². The first-order chi connectivity index (χ1) is 8.90. The predicted molar refractivity (Wildman–Crippen MR) is 75.6 cm³/mol. The molecule has 2 heterocycles. The number of nitrogens with one attached hydrogen (secondary N) is 1. The third-order valence-electron chi connectivity index (χ3n) is 2.69. The molecule has 8 heteroatoms. The second-order valence-electron chi connectivity index (χ2n) is 4.50. The van der Waals surface area contributed by atoms with E-state index in [9.17, 15) is 8.42 Å². The van der Waals surface area contributed by atoms with E-state index < -0.39 is 9.84 Å². The highest BCUT2D eigenvalue weighted by Gasteiger charge is 2.15. The van der Waals surface area contributed by atoms with Crippen molar-refractivity contribution in [3.8, 4) is 5.88 Å². The molecule has 106 valence electrons. The standard InChI is InChI=1S/C11H17N3O3S2/c1-8(7-19(3,15)16)12-6-9-10(17-2)13-11-14(9)4-5-18-11/h4-5,8,12H,6-7H2,1-3H3. The van der Waals surface area contributed by atoms with Crippen LogP contribution in [0.15, 0.2) is 11.6 Å². The van der Waals surface area contributed by atoms with Crippen molar-refractivity contribution in [3.05, 3.63) is 17.3 Å². The third kappa shape index (κ3) is 3.46. The minimum absolute atomic E-state index is 0.112. The van der Waals surface area contributed by atoms with E-state index in [1.807, 2.05) is 22.9 Å². The van der Waals surface area contributed by atoms with Gasteiger partial charge in [-0.05, 0) is 6.92 Å². The largest absolute Gasteiger partial charge is 0.480 e. The Morgan fingerprint density at radius 1 is 1.58 bits per heavy atom. The fourth-order valence-corrected chi connectivity index (χ4v) is 3.67. The lowest BCUT2D eigenvalue weighted by Gasteiger charge is -2.12. The molecular formula is C11H17N3O3S2. The van der Waals surface area contributed by atoms with Crippen molar-refractivity contribution in [2.45, 2.75) is 19.5 Å². The molecule has 0 amide bonds. The van der Waals surface area contributed by atoms with Gasteiger partial charge in [-0.1, -0.05) is 0 Å². The van der Waals surface area contributed by atoms with Crippen LogP contribution in [0.1, 0.15) is 12.6 Å². The number of sulfone groups is 1. The Hall–Kier alpha value is -1.12. The number of nitrogens with zero attached hydrogens (tertiary/aromatic N) is 2. The third-order valence-corrected chi connectivity index (χ3v) is 4.55. The summed E-state index contributed by atoms with van der Waals surface area (Å²) in [6, 6.07) is -0.121. The smallest absolute Gasteiger partial charge is 0.237 e. The van der Waals surface area contributed by atoms with Crippen molar-refractivity contribution in [1.29, 1.82) is 0 Å². The zero-order valence-corrected chi connectivity index (χ0v) is 12.7. The van der Waals surface area contributed by atoms with Crippen molar-refractivity contribution < 1.29 is 13.2 Å². The van der Waals surface area contributed by atoms with E-state index in [0.717, 1.165) is 10.7 Å². The molecule has 0 aliphatic carbocycles. The van der Waals surface area contributed by atoms with Gasteiger partial charge in [0.25, 0.3) is 0 Å². The first kappa shape index (κ1) is 14.3. The SMILES string of the molecule is COc1nc2sccn2c1CNC(C)CS(C)(=O)=O.